The summed E-state index contributed by atoms with van der Waals surface area (Å²) in [5, 5.41) is 2.99. The fourth-order valence-corrected chi connectivity index (χ4v) is 4.38. The molecule has 0 radical (unpaired) electrons. The predicted octanol–water partition coefficient (Wildman–Crippen LogP) is 4.55. The van der Waals surface area contributed by atoms with Crippen LogP contribution in [0, 0.1) is 0 Å². The molecular formula is C20H24N2O3S. The highest BCUT2D eigenvalue weighted by Crippen LogP contribution is 2.43. The van der Waals surface area contributed by atoms with Crippen LogP contribution in [0.5, 0.6) is 11.5 Å². The molecule has 0 spiro atoms. The van der Waals surface area contributed by atoms with E-state index in [1.54, 1.807) is 26.0 Å². The number of hydrogen-bond acceptors (Lipinski definition) is 4. The lowest BCUT2D eigenvalue weighted by Gasteiger charge is -2.26. The van der Waals surface area contributed by atoms with Gasteiger partial charge in [-0.3, -0.25) is 0 Å². The molecule has 1 aliphatic heterocycles. The van der Waals surface area contributed by atoms with E-state index in [4.69, 9.17) is 9.47 Å². The van der Waals surface area contributed by atoms with Gasteiger partial charge < -0.3 is 19.7 Å². The summed E-state index contributed by atoms with van der Waals surface area (Å²) in [5.41, 5.74) is 2.98. The van der Waals surface area contributed by atoms with E-state index in [1.165, 1.54) is 0 Å². The Morgan fingerprint density at radius 3 is 2.77 bits per heavy atom. The van der Waals surface area contributed by atoms with Crippen LogP contribution in [-0.2, 0) is 6.42 Å². The van der Waals surface area contributed by atoms with Crippen molar-refractivity contribution in [3.05, 3.63) is 53.6 Å². The number of benzene rings is 2. The quantitative estimate of drug-likeness (QED) is 0.837. The number of hydrogen-bond donors (Lipinski definition) is 1. The van der Waals surface area contributed by atoms with Crippen molar-refractivity contribution >= 4 is 23.5 Å². The number of amides is 2. The van der Waals surface area contributed by atoms with Crippen molar-refractivity contribution in [1.82, 2.24) is 4.90 Å². The van der Waals surface area contributed by atoms with Crippen LogP contribution < -0.4 is 14.8 Å². The summed E-state index contributed by atoms with van der Waals surface area (Å²) >= 11 is 1.74. The smallest absolute Gasteiger partial charge is 0.323 e. The van der Waals surface area contributed by atoms with Crippen LogP contribution in [-0.4, -0.2) is 37.4 Å². The molecule has 1 atom stereocenters. The molecule has 2 aromatic rings. The molecule has 0 bridgehead atoms. The van der Waals surface area contributed by atoms with Gasteiger partial charge in [0, 0.05) is 29.6 Å². The van der Waals surface area contributed by atoms with Gasteiger partial charge in [-0.05, 0) is 30.2 Å². The Morgan fingerprint density at radius 2 is 2.04 bits per heavy atom. The molecule has 3 rings (SSSR count). The minimum Gasteiger partial charge on any atom is -0.497 e. The third-order valence-corrected chi connectivity index (χ3v) is 5.74. The third kappa shape index (κ3) is 3.75. The summed E-state index contributed by atoms with van der Waals surface area (Å²) in [6, 6.07) is 13.6. The van der Waals surface area contributed by atoms with Gasteiger partial charge in [0.05, 0.1) is 14.2 Å². The summed E-state index contributed by atoms with van der Waals surface area (Å²) in [6.07, 6.45) is 0.876. The van der Waals surface area contributed by atoms with Gasteiger partial charge in [0.1, 0.15) is 16.9 Å². The number of anilines is 1. The first-order chi connectivity index (χ1) is 12.7. The van der Waals surface area contributed by atoms with Gasteiger partial charge in [0.25, 0.3) is 0 Å². The van der Waals surface area contributed by atoms with Crippen LogP contribution in [0.3, 0.4) is 0 Å². The average molecular weight is 372 g/mol. The molecule has 2 aromatic carbocycles. The predicted molar refractivity (Wildman–Crippen MR) is 106 cm³/mol. The minimum absolute atomic E-state index is 0.0790. The van der Waals surface area contributed by atoms with Gasteiger partial charge >= 0.3 is 6.03 Å². The maximum Gasteiger partial charge on any atom is 0.323 e. The van der Waals surface area contributed by atoms with E-state index in [0.29, 0.717) is 6.54 Å². The van der Waals surface area contributed by atoms with Crippen molar-refractivity contribution in [3.63, 3.8) is 0 Å². The number of ether oxygens (including phenoxy) is 2. The van der Waals surface area contributed by atoms with Gasteiger partial charge in [-0.25, -0.2) is 4.79 Å². The molecule has 2 amide bonds. The van der Waals surface area contributed by atoms with Crippen LogP contribution in [0.2, 0.25) is 0 Å². The molecular weight excluding hydrogens is 348 g/mol. The van der Waals surface area contributed by atoms with E-state index < -0.39 is 0 Å². The Labute approximate surface area is 158 Å². The summed E-state index contributed by atoms with van der Waals surface area (Å²) in [5.74, 6) is 2.36. The first kappa shape index (κ1) is 18.5. The van der Waals surface area contributed by atoms with Gasteiger partial charge in [0.15, 0.2) is 0 Å². The van der Waals surface area contributed by atoms with E-state index in [2.05, 4.69) is 12.2 Å². The first-order valence-corrected chi connectivity index (χ1v) is 9.71. The van der Waals surface area contributed by atoms with Crippen molar-refractivity contribution in [2.75, 3.05) is 31.8 Å². The fraction of sp³-hybridized carbons (Fsp3) is 0.350. The fourth-order valence-electron chi connectivity index (χ4n) is 3.10. The first-order valence-electron chi connectivity index (χ1n) is 8.67. The summed E-state index contributed by atoms with van der Waals surface area (Å²) in [6.45, 7) is 2.78. The number of para-hydroxylation sites is 1. The molecule has 5 nitrogen and oxygen atoms in total. The molecule has 1 unspecified atom stereocenters. The second-order valence-electron chi connectivity index (χ2n) is 5.97. The zero-order chi connectivity index (χ0) is 18.5. The highest BCUT2D eigenvalue weighted by molar-refractivity contribution is 7.99. The average Bonchev–Trinajstić information content (AvgIpc) is 3.17. The SMILES string of the molecule is CCc1ccccc1NC(=O)N1CCSC1c1ccc(OC)cc1OC. The van der Waals surface area contributed by atoms with Crippen molar-refractivity contribution in [2.24, 2.45) is 0 Å². The standard InChI is InChI=1S/C20H24N2O3S/c1-4-14-7-5-6-8-17(14)21-20(23)22-11-12-26-19(22)16-10-9-15(24-2)13-18(16)25-3/h5-10,13,19H,4,11-12H2,1-3H3,(H,21,23). The zero-order valence-corrected chi connectivity index (χ0v) is 16.1. The number of urea groups is 1. The Balaban J connectivity index is 1.83. The van der Waals surface area contributed by atoms with E-state index in [9.17, 15) is 4.79 Å². The second-order valence-corrected chi connectivity index (χ2v) is 7.15. The molecule has 1 fully saturated rings. The normalized spacial score (nSPS) is 16.4. The molecule has 0 saturated carbocycles. The lowest BCUT2D eigenvalue weighted by atomic mass is 10.1. The summed E-state index contributed by atoms with van der Waals surface area (Å²) in [4.78, 5) is 14.8. The number of nitrogens with zero attached hydrogens (tertiary/aromatic N) is 1. The number of aryl methyl sites for hydroxylation is 1. The van der Waals surface area contributed by atoms with E-state index in [0.717, 1.165) is 40.5 Å². The van der Waals surface area contributed by atoms with Gasteiger partial charge in [-0.2, -0.15) is 0 Å². The van der Waals surface area contributed by atoms with Crippen LogP contribution in [0.25, 0.3) is 0 Å². The third-order valence-electron chi connectivity index (χ3n) is 4.50. The molecule has 0 aromatic heterocycles. The molecule has 1 aliphatic rings. The highest BCUT2D eigenvalue weighted by Gasteiger charge is 2.33. The largest absolute Gasteiger partial charge is 0.497 e. The van der Waals surface area contributed by atoms with Crippen molar-refractivity contribution < 1.29 is 14.3 Å². The van der Waals surface area contributed by atoms with Crippen LogP contribution >= 0.6 is 11.8 Å². The number of thioether (sulfide) groups is 1. The summed E-state index contributed by atoms with van der Waals surface area (Å²) < 4.78 is 10.8. The van der Waals surface area contributed by atoms with Crippen molar-refractivity contribution in [3.8, 4) is 11.5 Å². The van der Waals surface area contributed by atoms with Crippen molar-refractivity contribution in [1.29, 1.82) is 0 Å². The van der Waals surface area contributed by atoms with Crippen molar-refractivity contribution in [2.45, 2.75) is 18.7 Å². The lowest BCUT2D eigenvalue weighted by molar-refractivity contribution is 0.213. The minimum atomic E-state index is -0.0845. The van der Waals surface area contributed by atoms with Gasteiger partial charge in [-0.1, -0.05) is 25.1 Å². The number of methoxy groups -OCH3 is 2. The van der Waals surface area contributed by atoms with E-state index >= 15 is 0 Å². The number of carbonyl (C=O) groups is 1. The van der Waals surface area contributed by atoms with Crippen LogP contribution in [0.4, 0.5) is 10.5 Å². The maximum atomic E-state index is 12.9. The summed E-state index contributed by atoms with van der Waals surface area (Å²) in [7, 11) is 3.27. The van der Waals surface area contributed by atoms with Gasteiger partial charge in [-0.15, -0.1) is 11.8 Å². The Bertz CT molecular complexity index is 781. The lowest BCUT2D eigenvalue weighted by Crippen LogP contribution is -2.34. The van der Waals surface area contributed by atoms with Crippen LogP contribution in [0.1, 0.15) is 23.4 Å². The molecule has 0 aliphatic carbocycles. The molecule has 6 heteroatoms. The number of rotatable bonds is 5. The molecule has 26 heavy (non-hydrogen) atoms. The molecule has 1 N–H and O–H groups in total. The Hall–Kier alpha value is -2.34. The second kappa shape index (κ2) is 8.36. The Kier molecular flexibility index (Phi) is 5.93. The molecule has 138 valence electrons. The number of carbonyl (C=O) groups excluding carboxylic acids is 1. The van der Waals surface area contributed by atoms with E-state index in [1.807, 2.05) is 47.4 Å². The maximum absolute atomic E-state index is 12.9. The molecule has 1 saturated heterocycles. The van der Waals surface area contributed by atoms with Gasteiger partial charge in [0.2, 0.25) is 0 Å². The Morgan fingerprint density at radius 1 is 1.23 bits per heavy atom. The number of nitrogens with one attached hydrogen (secondary N) is 1. The van der Waals surface area contributed by atoms with Crippen LogP contribution in [0.15, 0.2) is 42.5 Å². The van der Waals surface area contributed by atoms with E-state index in [-0.39, 0.29) is 11.4 Å². The topological polar surface area (TPSA) is 50.8 Å². The monoisotopic (exact) mass is 372 g/mol. The zero-order valence-electron chi connectivity index (χ0n) is 15.3. The molecule has 1 heterocycles. The highest BCUT2D eigenvalue weighted by atomic mass is 32.2.